The molecule has 0 atom stereocenters. The second kappa shape index (κ2) is 10.6. The Morgan fingerprint density at radius 2 is 1.21 bits per heavy atom. The third-order valence-electron chi connectivity index (χ3n) is 4.40. The number of rotatable bonds is 10. The van der Waals surface area contributed by atoms with Gasteiger partial charge in [-0.05, 0) is 48.9 Å². The van der Waals surface area contributed by atoms with Crippen LogP contribution in [0.2, 0.25) is 0 Å². The van der Waals surface area contributed by atoms with Gasteiger partial charge >= 0.3 is 5.97 Å². The summed E-state index contributed by atoms with van der Waals surface area (Å²) in [6.07, 6.45) is 10.0. The Labute approximate surface area is 145 Å². The molecular weight excluding hydrogens is 296 g/mol. The number of ether oxygens (including phenoxy) is 1. The van der Waals surface area contributed by atoms with Gasteiger partial charge in [-0.2, -0.15) is 0 Å². The van der Waals surface area contributed by atoms with E-state index >= 15 is 0 Å². The number of methoxy groups -OCH3 is 1. The molecule has 2 nitrogen and oxygen atoms in total. The standard InChI is InChI=1S/C22H28O2/c1-24-22(23)21-17-15-20(16-18-21)14-8-5-3-2-4-7-11-19-12-9-6-10-13-19/h6,9-10,12-13,15-18H,2-5,7-8,11,14H2,1H3. The number of carbonyl (C=O) groups is 1. The lowest BCUT2D eigenvalue weighted by molar-refractivity contribution is 0.0600. The summed E-state index contributed by atoms with van der Waals surface area (Å²) in [5, 5.41) is 0. The van der Waals surface area contributed by atoms with Gasteiger partial charge in [0, 0.05) is 0 Å². The van der Waals surface area contributed by atoms with Crippen LogP contribution in [-0.2, 0) is 17.6 Å². The van der Waals surface area contributed by atoms with Crippen molar-refractivity contribution in [2.75, 3.05) is 7.11 Å². The molecule has 2 aromatic carbocycles. The zero-order valence-electron chi connectivity index (χ0n) is 14.7. The minimum atomic E-state index is -0.267. The van der Waals surface area contributed by atoms with Crippen LogP contribution in [-0.4, -0.2) is 13.1 Å². The third kappa shape index (κ3) is 6.57. The maximum Gasteiger partial charge on any atom is 0.337 e. The minimum absolute atomic E-state index is 0.267. The second-order valence-corrected chi connectivity index (χ2v) is 6.30. The molecule has 0 saturated carbocycles. The number of carbonyl (C=O) groups excluding carboxylic acids is 1. The Morgan fingerprint density at radius 3 is 1.75 bits per heavy atom. The number of unbranched alkanes of at least 4 members (excludes halogenated alkanes) is 5. The smallest absolute Gasteiger partial charge is 0.337 e. The van der Waals surface area contributed by atoms with Crippen molar-refractivity contribution < 1.29 is 9.53 Å². The van der Waals surface area contributed by atoms with E-state index in [2.05, 4.69) is 30.3 Å². The average Bonchev–Trinajstić information content (AvgIpc) is 2.64. The molecule has 0 bridgehead atoms. The van der Waals surface area contributed by atoms with Crippen LogP contribution >= 0.6 is 0 Å². The number of esters is 1. The van der Waals surface area contributed by atoms with Crippen molar-refractivity contribution in [2.45, 2.75) is 51.4 Å². The summed E-state index contributed by atoms with van der Waals surface area (Å²) in [7, 11) is 1.41. The van der Waals surface area contributed by atoms with Gasteiger partial charge in [0.05, 0.1) is 12.7 Å². The monoisotopic (exact) mass is 324 g/mol. The van der Waals surface area contributed by atoms with Crippen molar-refractivity contribution in [3.8, 4) is 0 Å². The van der Waals surface area contributed by atoms with E-state index in [1.54, 1.807) is 0 Å². The number of hydrogen-bond donors (Lipinski definition) is 0. The van der Waals surface area contributed by atoms with Crippen molar-refractivity contribution in [1.29, 1.82) is 0 Å². The first kappa shape index (κ1) is 18.3. The lowest BCUT2D eigenvalue weighted by atomic mass is 10.0. The normalized spacial score (nSPS) is 10.5. The summed E-state index contributed by atoms with van der Waals surface area (Å²) in [4.78, 5) is 11.4. The van der Waals surface area contributed by atoms with E-state index in [9.17, 15) is 4.79 Å². The van der Waals surface area contributed by atoms with Gasteiger partial charge in [0.15, 0.2) is 0 Å². The molecule has 0 radical (unpaired) electrons. The van der Waals surface area contributed by atoms with Gasteiger partial charge in [0.25, 0.3) is 0 Å². The molecule has 2 aromatic rings. The lowest BCUT2D eigenvalue weighted by Gasteiger charge is -2.04. The van der Waals surface area contributed by atoms with E-state index in [4.69, 9.17) is 4.74 Å². The van der Waals surface area contributed by atoms with Crippen LogP contribution in [0.5, 0.6) is 0 Å². The summed E-state index contributed by atoms with van der Waals surface area (Å²) in [6, 6.07) is 18.5. The molecule has 0 amide bonds. The Hall–Kier alpha value is -2.09. The van der Waals surface area contributed by atoms with Gasteiger partial charge in [-0.15, -0.1) is 0 Å². The molecule has 0 N–H and O–H groups in total. The third-order valence-corrected chi connectivity index (χ3v) is 4.40. The van der Waals surface area contributed by atoms with Crippen LogP contribution in [0, 0.1) is 0 Å². The molecule has 0 spiro atoms. The predicted octanol–water partition coefficient (Wildman–Crippen LogP) is 5.60. The van der Waals surface area contributed by atoms with Gasteiger partial charge in [0.2, 0.25) is 0 Å². The van der Waals surface area contributed by atoms with E-state index in [1.165, 1.54) is 63.2 Å². The Morgan fingerprint density at radius 1 is 0.708 bits per heavy atom. The molecule has 2 heteroatoms. The Bertz CT molecular complexity index is 587. The first-order chi connectivity index (χ1) is 11.8. The quantitative estimate of drug-likeness (QED) is 0.420. The van der Waals surface area contributed by atoms with Crippen LogP contribution in [0.3, 0.4) is 0 Å². The van der Waals surface area contributed by atoms with E-state index in [1.807, 2.05) is 24.3 Å². The number of benzene rings is 2. The van der Waals surface area contributed by atoms with Crippen LogP contribution < -0.4 is 0 Å². The molecule has 0 aliphatic rings. The summed E-state index contributed by atoms with van der Waals surface area (Å²) in [5.41, 5.74) is 3.37. The fraction of sp³-hybridized carbons (Fsp3) is 0.409. The van der Waals surface area contributed by atoms with Crippen molar-refractivity contribution in [2.24, 2.45) is 0 Å². The highest BCUT2D eigenvalue weighted by Gasteiger charge is 2.04. The van der Waals surface area contributed by atoms with E-state index in [0.717, 1.165) is 6.42 Å². The highest BCUT2D eigenvalue weighted by atomic mass is 16.5. The fourth-order valence-corrected chi connectivity index (χ4v) is 2.94. The van der Waals surface area contributed by atoms with Gasteiger partial charge in [-0.25, -0.2) is 4.79 Å². The maximum atomic E-state index is 11.4. The molecule has 0 saturated heterocycles. The second-order valence-electron chi connectivity index (χ2n) is 6.30. The molecule has 2 rings (SSSR count). The molecule has 0 aliphatic heterocycles. The molecule has 0 aliphatic carbocycles. The molecule has 0 aromatic heterocycles. The fourth-order valence-electron chi connectivity index (χ4n) is 2.94. The highest BCUT2D eigenvalue weighted by molar-refractivity contribution is 5.89. The van der Waals surface area contributed by atoms with Crippen LogP contribution in [0.4, 0.5) is 0 Å². The average molecular weight is 324 g/mol. The minimum Gasteiger partial charge on any atom is -0.465 e. The zero-order chi connectivity index (χ0) is 17.0. The summed E-state index contributed by atoms with van der Waals surface area (Å²) in [6.45, 7) is 0. The topological polar surface area (TPSA) is 26.3 Å². The Kier molecular flexibility index (Phi) is 8.09. The SMILES string of the molecule is COC(=O)c1ccc(CCCCCCCCc2ccccc2)cc1. The van der Waals surface area contributed by atoms with Gasteiger partial charge in [-0.1, -0.05) is 68.1 Å². The first-order valence-corrected chi connectivity index (χ1v) is 9.01. The molecule has 128 valence electrons. The van der Waals surface area contributed by atoms with E-state index in [0.29, 0.717) is 5.56 Å². The molecule has 0 heterocycles. The van der Waals surface area contributed by atoms with Crippen LogP contribution in [0.15, 0.2) is 54.6 Å². The van der Waals surface area contributed by atoms with Crippen LogP contribution in [0.1, 0.15) is 60.0 Å². The van der Waals surface area contributed by atoms with Gasteiger partial charge < -0.3 is 4.74 Å². The first-order valence-electron chi connectivity index (χ1n) is 9.01. The van der Waals surface area contributed by atoms with E-state index < -0.39 is 0 Å². The van der Waals surface area contributed by atoms with Crippen molar-refractivity contribution in [1.82, 2.24) is 0 Å². The predicted molar refractivity (Wildman–Crippen MR) is 99.3 cm³/mol. The van der Waals surface area contributed by atoms with E-state index in [-0.39, 0.29) is 5.97 Å². The number of hydrogen-bond acceptors (Lipinski definition) is 2. The van der Waals surface area contributed by atoms with Gasteiger partial charge in [0.1, 0.15) is 0 Å². The lowest BCUT2D eigenvalue weighted by Crippen LogP contribution is -2.00. The maximum absolute atomic E-state index is 11.4. The molecule has 24 heavy (non-hydrogen) atoms. The molecular formula is C22H28O2. The summed E-state index contributed by atoms with van der Waals surface area (Å²) >= 11 is 0. The van der Waals surface area contributed by atoms with Crippen molar-refractivity contribution >= 4 is 5.97 Å². The molecule has 0 unspecified atom stereocenters. The van der Waals surface area contributed by atoms with Gasteiger partial charge in [-0.3, -0.25) is 0 Å². The highest BCUT2D eigenvalue weighted by Crippen LogP contribution is 2.13. The van der Waals surface area contributed by atoms with Crippen molar-refractivity contribution in [3.63, 3.8) is 0 Å². The largest absolute Gasteiger partial charge is 0.465 e. The summed E-state index contributed by atoms with van der Waals surface area (Å²) < 4.78 is 4.71. The summed E-state index contributed by atoms with van der Waals surface area (Å²) in [5.74, 6) is -0.267. The zero-order valence-corrected chi connectivity index (χ0v) is 14.7. The molecule has 0 fully saturated rings. The Balaban J connectivity index is 1.51. The van der Waals surface area contributed by atoms with Crippen LogP contribution in [0.25, 0.3) is 0 Å². The number of aryl methyl sites for hydroxylation is 2. The van der Waals surface area contributed by atoms with Crippen molar-refractivity contribution in [3.05, 3.63) is 71.3 Å².